The number of nitrogens with one attached hydrogen (secondary N) is 2. The average Bonchev–Trinajstić information content (AvgIpc) is 2.81. The minimum absolute atomic E-state index is 0.0676. The van der Waals surface area contributed by atoms with Crippen LogP contribution in [0.2, 0.25) is 0 Å². The molecule has 5 heteroatoms. The average molecular weight is 261 g/mol. The van der Waals surface area contributed by atoms with E-state index in [9.17, 15) is 4.79 Å². The zero-order chi connectivity index (χ0) is 13.0. The smallest absolute Gasteiger partial charge is 0.251 e. The first-order valence-corrected chi connectivity index (χ1v) is 6.48. The molecule has 0 spiro atoms. The second-order valence-electron chi connectivity index (χ2n) is 3.91. The van der Waals surface area contributed by atoms with Crippen LogP contribution >= 0.6 is 11.3 Å². The van der Waals surface area contributed by atoms with Gasteiger partial charge in [-0.05, 0) is 24.6 Å². The molecule has 0 aliphatic rings. The molecule has 0 bridgehead atoms. The lowest BCUT2D eigenvalue weighted by molar-refractivity contribution is 0.0963. The number of aryl methyl sites for hydroxylation is 1. The first kappa shape index (κ1) is 12.6. The summed E-state index contributed by atoms with van der Waals surface area (Å²) in [5.41, 5.74) is 1.73. The third-order valence-electron chi connectivity index (χ3n) is 2.48. The van der Waals surface area contributed by atoms with Gasteiger partial charge in [0, 0.05) is 30.2 Å². The molecule has 1 heterocycles. The Morgan fingerprint density at radius 1 is 1.44 bits per heavy atom. The minimum Gasteiger partial charge on any atom is -0.357 e. The van der Waals surface area contributed by atoms with Crippen LogP contribution in [0.25, 0.3) is 0 Å². The Labute approximate surface area is 110 Å². The minimum atomic E-state index is -0.0676. The number of carbonyl (C=O) groups excluding carboxylic acids is 1. The standard InChI is InChI=1S/C13H15N3OS/c1-9-7-15-13(18-9)16-8-10-4-3-5-11(6-10)12(17)14-2/h3-7H,8H2,1-2H3,(H,14,17)(H,15,16). The van der Waals surface area contributed by atoms with Crippen molar-refractivity contribution in [3.8, 4) is 0 Å². The highest BCUT2D eigenvalue weighted by atomic mass is 32.1. The van der Waals surface area contributed by atoms with Crippen LogP contribution < -0.4 is 10.6 Å². The van der Waals surface area contributed by atoms with E-state index in [1.54, 1.807) is 24.5 Å². The Kier molecular flexibility index (Phi) is 3.94. The molecule has 1 aromatic heterocycles. The van der Waals surface area contributed by atoms with Crippen LogP contribution in [0.5, 0.6) is 0 Å². The number of amides is 1. The van der Waals surface area contributed by atoms with Crippen molar-refractivity contribution in [2.24, 2.45) is 0 Å². The van der Waals surface area contributed by atoms with Crippen molar-refractivity contribution < 1.29 is 4.79 Å². The van der Waals surface area contributed by atoms with Crippen LogP contribution in [-0.2, 0) is 6.54 Å². The fourth-order valence-corrected chi connectivity index (χ4v) is 2.24. The number of nitrogens with zero attached hydrogens (tertiary/aromatic N) is 1. The number of rotatable bonds is 4. The molecule has 0 saturated heterocycles. The third kappa shape index (κ3) is 3.07. The van der Waals surface area contributed by atoms with Crippen molar-refractivity contribution in [3.05, 3.63) is 46.5 Å². The lowest BCUT2D eigenvalue weighted by Crippen LogP contribution is -2.17. The highest BCUT2D eigenvalue weighted by Gasteiger charge is 2.04. The number of thiazole rings is 1. The maximum atomic E-state index is 11.5. The van der Waals surface area contributed by atoms with Gasteiger partial charge in [0.2, 0.25) is 0 Å². The van der Waals surface area contributed by atoms with Crippen LogP contribution in [0.4, 0.5) is 5.13 Å². The van der Waals surface area contributed by atoms with E-state index in [-0.39, 0.29) is 5.91 Å². The Hall–Kier alpha value is -1.88. The number of benzene rings is 1. The van der Waals surface area contributed by atoms with Crippen molar-refractivity contribution in [3.63, 3.8) is 0 Å². The van der Waals surface area contributed by atoms with E-state index in [4.69, 9.17) is 0 Å². The fourth-order valence-electron chi connectivity index (χ4n) is 1.58. The van der Waals surface area contributed by atoms with Gasteiger partial charge in [0.25, 0.3) is 5.91 Å². The molecule has 0 unspecified atom stereocenters. The predicted octanol–water partition coefficient (Wildman–Crippen LogP) is 2.42. The van der Waals surface area contributed by atoms with Crippen LogP contribution in [-0.4, -0.2) is 17.9 Å². The highest BCUT2D eigenvalue weighted by molar-refractivity contribution is 7.15. The SMILES string of the molecule is CNC(=O)c1cccc(CNc2ncc(C)s2)c1. The third-order valence-corrected chi connectivity index (χ3v) is 3.35. The van der Waals surface area contributed by atoms with Gasteiger partial charge in [0.05, 0.1) is 0 Å². The monoisotopic (exact) mass is 261 g/mol. The first-order chi connectivity index (χ1) is 8.69. The summed E-state index contributed by atoms with van der Waals surface area (Å²) < 4.78 is 0. The van der Waals surface area contributed by atoms with Gasteiger partial charge in [0.1, 0.15) is 0 Å². The zero-order valence-corrected chi connectivity index (χ0v) is 11.2. The zero-order valence-electron chi connectivity index (χ0n) is 10.4. The van der Waals surface area contributed by atoms with E-state index in [2.05, 4.69) is 15.6 Å². The maximum Gasteiger partial charge on any atom is 0.251 e. The summed E-state index contributed by atoms with van der Waals surface area (Å²) in [5.74, 6) is -0.0676. The van der Waals surface area contributed by atoms with Gasteiger partial charge in [-0.15, -0.1) is 11.3 Å². The summed E-state index contributed by atoms with van der Waals surface area (Å²) >= 11 is 1.62. The lowest BCUT2D eigenvalue weighted by Gasteiger charge is -2.05. The molecule has 4 nitrogen and oxygen atoms in total. The van der Waals surface area contributed by atoms with E-state index < -0.39 is 0 Å². The molecule has 2 aromatic rings. The molecule has 0 aliphatic carbocycles. The van der Waals surface area contributed by atoms with E-state index in [1.807, 2.05) is 31.3 Å². The molecular weight excluding hydrogens is 246 g/mol. The quantitative estimate of drug-likeness (QED) is 0.888. The molecule has 0 atom stereocenters. The van der Waals surface area contributed by atoms with Gasteiger partial charge in [-0.25, -0.2) is 4.98 Å². The largest absolute Gasteiger partial charge is 0.357 e. The molecule has 0 fully saturated rings. The van der Waals surface area contributed by atoms with Gasteiger partial charge < -0.3 is 10.6 Å². The van der Waals surface area contributed by atoms with E-state index >= 15 is 0 Å². The van der Waals surface area contributed by atoms with Crippen LogP contribution in [0.15, 0.2) is 30.5 Å². The van der Waals surface area contributed by atoms with E-state index in [0.29, 0.717) is 12.1 Å². The number of anilines is 1. The molecule has 0 saturated carbocycles. The molecule has 0 radical (unpaired) electrons. The van der Waals surface area contributed by atoms with Crippen molar-refractivity contribution in [2.45, 2.75) is 13.5 Å². The number of hydrogen-bond donors (Lipinski definition) is 2. The Balaban J connectivity index is 2.03. The normalized spacial score (nSPS) is 10.1. The number of aromatic nitrogens is 1. The molecule has 2 N–H and O–H groups in total. The van der Waals surface area contributed by atoms with Crippen molar-refractivity contribution in [1.82, 2.24) is 10.3 Å². The summed E-state index contributed by atoms with van der Waals surface area (Å²) in [6.07, 6.45) is 1.84. The Morgan fingerprint density at radius 3 is 2.94 bits per heavy atom. The van der Waals surface area contributed by atoms with Crippen molar-refractivity contribution in [1.29, 1.82) is 0 Å². The Bertz CT molecular complexity index is 551. The fraction of sp³-hybridized carbons (Fsp3) is 0.231. The molecule has 94 valence electrons. The highest BCUT2D eigenvalue weighted by Crippen LogP contribution is 2.17. The van der Waals surface area contributed by atoms with Gasteiger partial charge in [-0.2, -0.15) is 0 Å². The van der Waals surface area contributed by atoms with E-state index in [0.717, 1.165) is 10.7 Å². The molecule has 1 aromatic carbocycles. The maximum absolute atomic E-state index is 11.5. The molecular formula is C13H15N3OS. The summed E-state index contributed by atoms with van der Waals surface area (Å²) in [6.45, 7) is 2.69. The van der Waals surface area contributed by atoms with Crippen LogP contribution in [0.3, 0.4) is 0 Å². The number of hydrogen-bond acceptors (Lipinski definition) is 4. The topological polar surface area (TPSA) is 54.0 Å². The van der Waals surface area contributed by atoms with Gasteiger partial charge in [0.15, 0.2) is 5.13 Å². The second kappa shape index (κ2) is 5.64. The summed E-state index contributed by atoms with van der Waals surface area (Å²) in [7, 11) is 1.63. The first-order valence-electron chi connectivity index (χ1n) is 5.66. The van der Waals surface area contributed by atoms with Crippen molar-refractivity contribution in [2.75, 3.05) is 12.4 Å². The molecule has 1 amide bonds. The van der Waals surface area contributed by atoms with Crippen LogP contribution in [0.1, 0.15) is 20.8 Å². The van der Waals surface area contributed by atoms with Crippen LogP contribution in [0, 0.1) is 6.92 Å². The summed E-state index contributed by atoms with van der Waals surface area (Å²) in [4.78, 5) is 16.9. The predicted molar refractivity (Wildman–Crippen MR) is 74.0 cm³/mol. The second-order valence-corrected chi connectivity index (χ2v) is 5.14. The van der Waals surface area contributed by atoms with Gasteiger partial charge >= 0.3 is 0 Å². The van der Waals surface area contributed by atoms with Crippen molar-refractivity contribution >= 4 is 22.4 Å². The van der Waals surface area contributed by atoms with Gasteiger partial charge in [-0.3, -0.25) is 4.79 Å². The van der Waals surface area contributed by atoms with E-state index in [1.165, 1.54) is 4.88 Å². The molecule has 18 heavy (non-hydrogen) atoms. The molecule has 0 aliphatic heterocycles. The lowest BCUT2D eigenvalue weighted by atomic mass is 10.1. The van der Waals surface area contributed by atoms with Gasteiger partial charge in [-0.1, -0.05) is 12.1 Å². The summed E-state index contributed by atoms with van der Waals surface area (Å²) in [6, 6.07) is 7.55. The molecule has 2 rings (SSSR count). The Morgan fingerprint density at radius 2 is 2.28 bits per heavy atom. The summed E-state index contributed by atoms with van der Waals surface area (Å²) in [5, 5.41) is 6.76. The number of carbonyl (C=O) groups is 1.